The molecule has 0 aromatic heterocycles. The highest BCUT2D eigenvalue weighted by molar-refractivity contribution is 5.92. The normalized spacial score (nSPS) is 14.7. The molecule has 2 aliphatic carbocycles. The Morgan fingerprint density at radius 1 is 0.255 bits per heavy atom. The Labute approximate surface area is 566 Å². The van der Waals surface area contributed by atoms with Gasteiger partial charge in [0, 0.05) is 34.1 Å². The number of anilines is 6. The Bertz CT molecular complexity index is 5030. The van der Waals surface area contributed by atoms with E-state index < -0.39 is 22.5 Å². The highest BCUT2D eigenvalue weighted by Gasteiger charge is 2.48. The first kappa shape index (κ1) is 60.4. The monoisotopic (exact) mass is 1280 g/mol. The van der Waals surface area contributed by atoms with Gasteiger partial charge in [0.05, 0.1) is 10.8 Å². The van der Waals surface area contributed by atoms with Crippen LogP contribution in [0, 0.1) is 23.3 Å². The van der Waals surface area contributed by atoms with E-state index in [-0.39, 0.29) is 11.6 Å². The van der Waals surface area contributed by atoms with Crippen molar-refractivity contribution in [2.45, 2.75) is 10.8 Å². The van der Waals surface area contributed by atoms with Gasteiger partial charge >= 0.3 is 0 Å². The lowest BCUT2D eigenvalue weighted by molar-refractivity contribution is 0.482. The van der Waals surface area contributed by atoms with E-state index in [1.807, 2.05) is 155 Å². The van der Waals surface area contributed by atoms with E-state index in [2.05, 4.69) is 122 Å². The minimum absolute atomic E-state index is 0.361. The van der Waals surface area contributed by atoms with Gasteiger partial charge in [0.1, 0.15) is 46.3 Å². The van der Waals surface area contributed by atoms with Crippen LogP contribution in [0.2, 0.25) is 0 Å². The van der Waals surface area contributed by atoms with Crippen molar-refractivity contribution >= 4 is 46.3 Å². The molecule has 0 heterocycles. The molecule has 0 saturated heterocycles. The molecule has 0 aliphatic heterocycles. The summed E-state index contributed by atoms with van der Waals surface area (Å²) < 4.78 is 75.7. The molecule has 0 radical (unpaired) electrons. The second kappa shape index (κ2) is 25.0. The van der Waals surface area contributed by atoms with Crippen molar-refractivity contribution < 1.29 is 27.0 Å². The molecule has 470 valence electrons. The first-order valence-electron chi connectivity index (χ1n) is 32.4. The number of hydrogen-bond donors (Lipinski definition) is 0. The van der Waals surface area contributed by atoms with Crippen LogP contribution in [0.25, 0.3) is 45.5 Å². The summed E-state index contributed by atoms with van der Waals surface area (Å²) in [6.45, 7) is 7.76. The number of rotatable bonds is 17. The number of hydrogen-bond acceptors (Lipinski definition) is 4. The fourth-order valence-corrected chi connectivity index (χ4v) is 14.7. The predicted octanol–water partition coefficient (Wildman–Crippen LogP) is 24.4. The Kier molecular flexibility index (Phi) is 15.4. The first-order chi connectivity index (χ1) is 48.0. The zero-order valence-corrected chi connectivity index (χ0v) is 53.0. The van der Waals surface area contributed by atoms with Crippen LogP contribution in [0.1, 0.15) is 55.6 Å². The average molecular weight is 1280 g/mol. The van der Waals surface area contributed by atoms with Crippen molar-refractivity contribution in [2.75, 3.05) is 9.80 Å². The number of nitrogens with zero attached hydrogens (tertiary/aromatic N) is 2. The molecule has 14 aromatic rings. The van der Waals surface area contributed by atoms with Crippen LogP contribution in [0.4, 0.5) is 51.7 Å². The molecule has 0 saturated carbocycles. The minimum Gasteiger partial charge on any atom is -0.457 e. The van der Waals surface area contributed by atoms with Gasteiger partial charge in [-0.25, -0.2) is 17.6 Å². The Morgan fingerprint density at radius 3 is 0.929 bits per heavy atom. The van der Waals surface area contributed by atoms with Gasteiger partial charge in [-0.2, -0.15) is 0 Å². The molecule has 0 amide bonds. The second-order valence-electron chi connectivity index (χ2n) is 24.6. The van der Waals surface area contributed by atoms with Gasteiger partial charge in [0.2, 0.25) is 0 Å². The van der Waals surface area contributed by atoms with Crippen molar-refractivity contribution in [3.05, 3.63) is 420 Å². The molecule has 0 spiro atoms. The molecule has 98 heavy (non-hydrogen) atoms. The van der Waals surface area contributed by atoms with Crippen LogP contribution < -0.4 is 19.3 Å². The molecular formula is C90H60F4N2O2. The molecule has 0 fully saturated rings. The molecule has 8 heteroatoms. The lowest BCUT2D eigenvalue weighted by atomic mass is 9.67. The molecule has 14 aromatic carbocycles. The zero-order valence-electron chi connectivity index (χ0n) is 53.0. The quantitative estimate of drug-likeness (QED) is 0.0849. The van der Waals surface area contributed by atoms with Crippen molar-refractivity contribution in [3.8, 4) is 56.4 Å². The summed E-state index contributed by atoms with van der Waals surface area (Å²) >= 11 is 0. The van der Waals surface area contributed by atoms with Crippen molar-refractivity contribution in [3.63, 3.8) is 0 Å². The maximum atomic E-state index is 15.8. The van der Waals surface area contributed by atoms with Crippen molar-refractivity contribution in [1.82, 2.24) is 0 Å². The third-order valence-electron chi connectivity index (χ3n) is 19.1. The Balaban J connectivity index is 0.767. The molecule has 2 unspecified atom stereocenters. The first-order valence-corrected chi connectivity index (χ1v) is 32.4. The van der Waals surface area contributed by atoms with E-state index in [9.17, 15) is 0 Å². The van der Waals surface area contributed by atoms with E-state index in [0.717, 1.165) is 112 Å². The Hall–Kier alpha value is -12.5. The van der Waals surface area contributed by atoms with Crippen molar-refractivity contribution in [1.29, 1.82) is 0 Å². The maximum absolute atomic E-state index is 15.8. The predicted molar refractivity (Wildman–Crippen MR) is 389 cm³/mol. The highest BCUT2D eigenvalue weighted by atomic mass is 19.1. The fourth-order valence-electron chi connectivity index (χ4n) is 14.7. The van der Waals surface area contributed by atoms with Gasteiger partial charge < -0.3 is 19.3 Å². The summed E-state index contributed by atoms with van der Waals surface area (Å²) in [5.41, 5.74) is 17.3. The van der Waals surface area contributed by atoms with Crippen LogP contribution >= 0.6 is 0 Å². The SMILES string of the molecule is C=Cc1ccc(Oc2ccc(C3(c4cccc(F)c4)c4ccccc4-c4ccc(N(c5ccc(-c6ccc(N(c7cccc(F)c7)c7ccc8c(c7)C(c7ccc(Oc9ccc(C=C)cc9)cc7)(c7cccc(F)c7)c7ccccc7-8)cc6)cc5)c5cccc(F)c5)cc43)cc2)cc1. The molecule has 16 rings (SSSR count). The van der Waals surface area contributed by atoms with E-state index in [1.54, 1.807) is 48.6 Å². The summed E-state index contributed by atoms with van der Waals surface area (Å²) in [4.78, 5) is 4.10. The molecular weight excluding hydrogens is 1220 g/mol. The van der Waals surface area contributed by atoms with E-state index >= 15 is 17.6 Å². The molecule has 2 atom stereocenters. The third-order valence-corrected chi connectivity index (χ3v) is 19.1. The number of halogens is 4. The fraction of sp³-hybridized carbons (Fsp3) is 0.0222. The molecule has 2 aliphatic rings. The zero-order chi connectivity index (χ0) is 66.5. The largest absolute Gasteiger partial charge is 0.457 e. The van der Waals surface area contributed by atoms with Gasteiger partial charge in [-0.1, -0.05) is 195 Å². The van der Waals surface area contributed by atoms with Crippen LogP contribution in [0.5, 0.6) is 23.0 Å². The lowest BCUT2D eigenvalue weighted by Crippen LogP contribution is -2.29. The van der Waals surface area contributed by atoms with Gasteiger partial charge in [-0.3, -0.25) is 0 Å². The smallest absolute Gasteiger partial charge is 0.127 e. The summed E-state index contributed by atoms with van der Waals surface area (Å²) in [5, 5.41) is 0. The van der Waals surface area contributed by atoms with Gasteiger partial charge in [-0.15, -0.1) is 0 Å². The van der Waals surface area contributed by atoms with Gasteiger partial charge in [-0.05, 0) is 247 Å². The van der Waals surface area contributed by atoms with Crippen LogP contribution in [0.3, 0.4) is 0 Å². The highest BCUT2D eigenvalue weighted by Crippen LogP contribution is 2.60. The lowest BCUT2D eigenvalue weighted by Gasteiger charge is -2.35. The molecule has 0 N–H and O–H groups in total. The van der Waals surface area contributed by atoms with E-state index in [0.29, 0.717) is 34.4 Å². The number of ether oxygens (including phenoxy) is 2. The third kappa shape index (κ3) is 10.6. The van der Waals surface area contributed by atoms with Gasteiger partial charge in [0.25, 0.3) is 0 Å². The van der Waals surface area contributed by atoms with Crippen LogP contribution in [-0.4, -0.2) is 0 Å². The molecule has 4 nitrogen and oxygen atoms in total. The Morgan fingerprint density at radius 2 is 0.571 bits per heavy atom. The van der Waals surface area contributed by atoms with Crippen LogP contribution in [0.15, 0.2) is 341 Å². The van der Waals surface area contributed by atoms with E-state index in [4.69, 9.17) is 9.47 Å². The summed E-state index contributed by atoms with van der Waals surface area (Å²) in [6.07, 6.45) is 3.58. The number of benzene rings is 14. The topological polar surface area (TPSA) is 24.9 Å². The van der Waals surface area contributed by atoms with E-state index in [1.165, 1.54) is 36.4 Å². The standard InChI is InChI=1S/C90H60F4N2O2/c1-3-59-25-43-77(44-26-59)97-79-47-33-63(34-48-79)89(65-13-9-15-67(91)53-65)85-23-7-5-21-81(85)83-51-41-75(57-87(83)89)95(73-19-11-17-69(93)55-73)71-37-29-61(30-38-71)62-31-39-72(40-32-62)96(74-20-12-18-70(94)56-74)76-42-52-84-82-22-6-8-24-86(82)90(88(84)58-76,66-14-10-16-68(92)54-66)64-35-49-80(50-36-64)98-78-45-27-60(4-2)28-46-78/h3-58H,1-2H2. The minimum atomic E-state index is -0.995. The maximum Gasteiger partial charge on any atom is 0.127 e. The van der Waals surface area contributed by atoms with Gasteiger partial charge in [0.15, 0.2) is 0 Å². The van der Waals surface area contributed by atoms with Crippen LogP contribution in [-0.2, 0) is 10.8 Å². The molecule has 0 bridgehead atoms. The average Bonchev–Trinajstić information content (AvgIpc) is 1.53. The number of fused-ring (bicyclic) bond motifs is 6. The second-order valence-corrected chi connectivity index (χ2v) is 24.6. The summed E-state index contributed by atoms with van der Waals surface area (Å²) in [5.74, 6) is 1.15. The summed E-state index contributed by atoms with van der Waals surface area (Å²) in [6, 6.07) is 104. The summed E-state index contributed by atoms with van der Waals surface area (Å²) in [7, 11) is 0. The van der Waals surface area contributed by atoms with Crippen molar-refractivity contribution in [2.24, 2.45) is 0 Å².